The van der Waals surface area contributed by atoms with E-state index in [1.54, 1.807) is 0 Å². The molecule has 1 aromatic rings. The van der Waals surface area contributed by atoms with Gasteiger partial charge in [-0.15, -0.1) is 0 Å². The van der Waals surface area contributed by atoms with E-state index in [4.69, 9.17) is 12.2 Å². The first-order valence-electron chi connectivity index (χ1n) is 4.85. The van der Waals surface area contributed by atoms with E-state index in [0.717, 1.165) is 6.42 Å². The maximum atomic E-state index is 13.2. The molecule has 1 aromatic carbocycles. The lowest BCUT2D eigenvalue weighted by Crippen LogP contribution is -2.30. The van der Waals surface area contributed by atoms with Crippen LogP contribution >= 0.6 is 12.2 Å². The van der Waals surface area contributed by atoms with Crippen LogP contribution in [0.2, 0.25) is 0 Å². The Morgan fingerprint density at radius 2 is 1.71 bits per heavy atom. The number of halogens is 4. The maximum absolute atomic E-state index is 13.2. The molecule has 0 saturated carbocycles. The minimum atomic E-state index is -1.51. The van der Waals surface area contributed by atoms with Crippen LogP contribution in [0.25, 0.3) is 0 Å². The molecule has 0 fully saturated rings. The van der Waals surface area contributed by atoms with Gasteiger partial charge in [0.05, 0.1) is 0 Å². The van der Waals surface area contributed by atoms with Crippen LogP contribution in [-0.2, 0) is 0 Å². The molecule has 17 heavy (non-hydrogen) atoms. The number of anilines is 1. The predicted octanol–water partition coefficient (Wildman–Crippen LogP) is 2.94. The summed E-state index contributed by atoms with van der Waals surface area (Å²) in [6.45, 7) is 2.34. The van der Waals surface area contributed by atoms with Crippen molar-refractivity contribution in [2.75, 3.05) is 11.9 Å². The average Bonchev–Trinajstić information content (AvgIpc) is 2.29. The standard InChI is InChI=1S/C10H10F4N2S/c1-2-3-15-10(17)16-9-7(13)5(11)4-6(12)8(9)14/h4H,2-3H2,1H3,(H2,15,16,17). The molecule has 0 atom stereocenters. The molecule has 2 nitrogen and oxygen atoms in total. The molecule has 0 spiro atoms. The molecule has 0 heterocycles. The van der Waals surface area contributed by atoms with Gasteiger partial charge in [0.1, 0.15) is 5.69 Å². The zero-order chi connectivity index (χ0) is 13.0. The van der Waals surface area contributed by atoms with Gasteiger partial charge in [0.15, 0.2) is 28.4 Å². The molecule has 0 unspecified atom stereocenters. The Kier molecular flexibility index (Phi) is 4.68. The van der Waals surface area contributed by atoms with Gasteiger partial charge in [-0.25, -0.2) is 17.6 Å². The van der Waals surface area contributed by atoms with E-state index in [-0.39, 0.29) is 11.2 Å². The molecule has 0 aromatic heterocycles. The molecule has 0 saturated heterocycles. The largest absolute Gasteiger partial charge is 0.362 e. The summed E-state index contributed by atoms with van der Waals surface area (Å²) < 4.78 is 52.1. The first-order valence-corrected chi connectivity index (χ1v) is 5.26. The van der Waals surface area contributed by atoms with Crippen LogP contribution in [0.15, 0.2) is 6.07 Å². The molecule has 0 bridgehead atoms. The van der Waals surface area contributed by atoms with Gasteiger partial charge in [0.25, 0.3) is 0 Å². The highest BCUT2D eigenvalue weighted by Crippen LogP contribution is 2.23. The van der Waals surface area contributed by atoms with Crippen LogP contribution < -0.4 is 10.6 Å². The highest BCUT2D eigenvalue weighted by molar-refractivity contribution is 7.80. The van der Waals surface area contributed by atoms with Crippen LogP contribution in [0.1, 0.15) is 13.3 Å². The summed E-state index contributed by atoms with van der Waals surface area (Å²) in [6.07, 6.45) is 0.740. The lowest BCUT2D eigenvalue weighted by atomic mass is 10.2. The molecule has 94 valence electrons. The van der Waals surface area contributed by atoms with Crippen molar-refractivity contribution in [3.63, 3.8) is 0 Å². The van der Waals surface area contributed by atoms with Crippen LogP contribution in [0, 0.1) is 23.3 Å². The highest BCUT2D eigenvalue weighted by atomic mass is 32.1. The molecule has 2 N–H and O–H groups in total. The quantitative estimate of drug-likeness (QED) is 0.499. The van der Waals surface area contributed by atoms with Crippen LogP contribution in [0.5, 0.6) is 0 Å². The fourth-order valence-electron chi connectivity index (χ4n) is 1.08. The van der Waals surface area contributed by atoms with Gasteiger partial charge in [-0.1, -0.05) is 6.92 Å². The third kappa shape index (κ3) is 3.29. The van der Waals surface area contributed by atoms with Gasteiger partial charge in [0.2, 0.25) is 0 Å². The van der Waals surface area contributed by atoms with Crippen molar-refractivity contribution in [3.05, 3.63) is 29.3 Å². The second-order valence-corrected chi connectivity index (χ2v) is 3.63. The fraction of sp³-hybridized carbons (Fsp3) is 0.300. The molecule has 7 heteroatoms. The lowest BCUT2D eigenvalue weighted by molar-refractivity contribution is 0.459. The van der Waals surface area contributed by atoms with E-state index in [9.17, 15) is 17.6 Å². The summed E-state index contributed by atoms with van der Waals surface area (Å²) in [5, 5.41) is 4.60. The van der Waals surface area contributed by atoms with E-state index >= 15 is 0 Å². The Balaban J connectivity index is 2.94. The molecule has 0 aliphatic heterocycles. The van der Waals surface area contributed by atoms with Gasteiger partial charge in [-0.05, 0) is 18.6 Å². The van der Waals surface area contributed by atoms with Crippen molar-refractivity contribution >= 4 is 23.0 Å². The minimum absolute atomic E-state index is 0.102. The third-order valence-electron chi connectivity index (χ3n) is 1.89. The van der Waals surface area contributed by atoms with Gasteiger partial charge in [-0.3, -0.25) is 0 Å². The monoisotopic (exact) mass is 266 g/mol. The van der Waals surface area contributed by atoms with Crippen molar-refractivity contribution in [1.29, 1.82) is 0 Å². The van der Waals surface area contributed by atoms with Crippen molar-refractivity contribution in [3.8, 4) is 0 Å². The summed E-state index contributed by atoms with van der Waals surface area (Å²) in [7, 11) is 0. The Morgan fingerprint density at radius 1 is 1.18 bits per heavy atom. The van der Waals surface area contributed by atoms with Gasteiger partial charge < -0.3 is 10.6 Å². The number of hydrogen-bond acceptors (Lipinski definition) is 1. The van der Waals surface area contributed by atoms with Crippen molar-refractivity contribution in [2.45, 2.75) is 13.3 Å². The van der Waals surface area contributed by atoms with E-state index in [2.05, 4.69) is 10.6 Å². The lowest BCUT2D eigenvalue weighted by Gasteiger charge is -2.11. The molecule has 0 radical (unpaired) electrons. The summed E-state index contributed by atoms with van der Waals surface area (Å²) in [6, 6.07) is 0.137. The van der Waals surface area contributed by atoms with E-state index < -0.39 is 29.0 Å². The zero-order valence-corrected chi connectivity index (χ0v) is 9.73. The topological polar surface area (TPSA) is 24.1 Å². The number of nitrogens with one attached hydrogen (secondary N) is 2. The van der Waals surface area contributed by atoms with Crippen molar-refractivity contribution in [1.82, 2.24) is 5.32 Å². The first kappa shape index (κ1) is 13.7. The van der Waals surface area contributed by atoms with E-state index in [1.807, 2.05) is 6.92 Å². The predicted molar refractivity (Wildman–Crippen MR) is 60.8 cm³/mol. The zero-order valence-electron chi connectivity index (χ0n) is 8.91. The second-order valence-electron chi connectivity index (χ2n) is 3.22. The van der Waals surface area contributed by atoms with E-state index in [1.165, 1.54) is 0 Å². The highest BCUT2D eigenvalue weighted by Gasteiger charge is 2.19. The third-order valence-corrected chi connectivity index (χ3v) is 2.13. The number of hydrogen-bond donors (Lipinski definition) is 2. The smallest absolute Gasteiger partial charge is 0.185 e. The van der Waals surface area contributed by atoms with Crippen LogP contribution in [-0.4, -0.2) is 11.7 Å². The summed E-state index contributed by atoms with van der Waals surface area (Å²) in [5.41, 5.74) is -0.934. The molecule has 0 aliphatic rings. The Bertz CT molecular complexity index is 411. The normalized spacial score (nSPS) is 10.2. The second kappa shape index (κ2) is 5.81. The number of thiocarbonyl (C=S) groups is 1. The average molecular weight is 266 g/mol. The van der Waals surface area contributed by atoms with Gasteiger partial charge in [-0.2, -0.15) is 0 Å². The van der Waals surface area contributed by atoms with Gasteiger partial charge >= 0.3 is 0 Å². The summed E-state index contributed by atoms with van der Waals surface area (Å²) in [5.74, 6) is -5.98. The van der Waals surface area contributed by atoms with Crippen molar-refractivity contribution < 1.29 is 17.6 Å². The molecular formula is C10H10F4N2S. The molecular weight excluding hydrogens is 256 g/mol. The molecule has 0 aliphatic carbocycles. The van der Waals surface area contributed by atoms with Crippen LogP contribution in [0.4, 0.5) is 23.2 Å². The molecule has 0 amide bonds. The SMILES string of the molecule is CCCNC(=S)Nc1c(F)c(F)cc(F)c1F. The van der Waals surface area contributed by atoms with Crippen LogP contribution in [0.3, 0.4) is 0 Å². The Morgan fingerprint density at radius 3 is 2.18 bits per heavy atom. The van der Waals surface area contributed by atoms with Gasteiger partial charge in [0, 0.05) is 12.6 Å². The fourth-order valence-corrected chi connectivity index (χ4v) is 1.28. The summed E-state index contributed by atoms with van der Waals surface area (Å²) in [4.78, 5) is 0. The Hall–Kier alpha value is -1.37. The minimum Gasteiger partial charge on any atom is -0.362 e. The number of benzene rings is 1. The molecule has 1 rings (SSSR count). The number of rotatable bonds is 3. The van der Waals surface area contributed by atoms with E-state index in [0.29, 0.717) is 6.54 Å². The maximum Gasteiger partial charge on any atom is 0.185 e. The first-order chi connectivity index (χ1) is 7.97. The Labute approximate surface area is 101 Å². The summed E-state index contributed by atoms with van der Waals surface area (Å²) >= 11 is 4.71. The van der Waals surface area contributed by atoms with Crippen molar-refractivity contribution in [2.24, 2.45) is 0 Å².